The van der Waals surface area contributed by atoms with Crippen molar-refractivity contribution in [2.75, 3.05) is 21.3 Å². The summed E-state index contributed by atoms with van der Waals surface area (Å²) in [6, 6.07) is 41.0. The first kappa shape index (κ1) is 60.2. The molecule has 6 aromatic carbocycles. The molecule has 392 valence electrons. The molecule has 0 aliphatic rings. The molecule has 0 radical (unpaired) electrons. The number of nitrogens with one attached hydrogen (secondary N) is 4. The number of aromatic nitrogens is 2. The van der Waals surface area contributed by atoms with E-state index in [0.717, 1.165) is 33.5 Å². The Morgan fingerprint density at radius 3 is 0.716 bits per heavy atom. The first-order valence-corrected chi connectivity index (χ1v) is 25.3. The van der Waals surface area contributed by atoms with Gasteiger partial charge in [0.25, 0.3) is 0 Å². The van der Waals surface area contributed by atoms with Gasteiger partial charge in [-0.15, -0.1) is 11.5 Å². The maximum Gasteiger partial charge on any atom is 1.00 e. The van der Waals surface area contributed by atoms with Gasteiger partial charge in [0, 0.05) is 22.7 Å². The minimum atomic E-state index is -0.436. The van der Waals surface area contributed by atoms with E-state index in [1.54, 1.807) is 0 Å². The van der Waals surface area contributed by atoms with E-state index >= 15 is 0 Å². The van der Waals surface area contributed by atoms with Gasteiger partial charge in [0.1, 0.15) is 0 Å². The summed E-state index contributed by atoms with van der Waals surface area (Å²) in [5.41, 5.74) is 24.4. The van der Waals surface area contributed by atoms with Gasteiger partial charge < -0.3 is 31.5 Å². The molecule has 0 aliphatic carbocycles. The minimum Gasteiger partial charge on any atom is -0.873 e. The number of pyridine rings is 2. The summed E-state index contributed by atoms with van der Waals surface area (Å²) < 4.78 is 0. The van der Waals surface area contributed by atoms with Crippen LogP contribution in [0, 0.1) is 83.1 Å². The van der Waals surface area contributed by atoms with E-state index in [1.165, 1.54) is 102 Å². The van der Waals surface area contributed by atoms with Crippen molar-refractivity contribution in [3.63, 3.8) is 0 Å². The van der Waals surface area contributed by atoms with Crippen molar-refractivity contribution in [2.24, 2.45) is 0 Å². The van der Waals surface area contributed by atoms with Gasteiger partial charge in [-0.25, -0.2) is 0 Å². The van der Waals surface area contributed by atoms with Gasteiger partial charge >= 0.3 is 33.6 Å². The van der Waals surface area contributed by atoms with Crippen LogP contribution in [-0.2, 0) is 33.6 Å². The number of nitrogens with zero attached hydrogens (tertiary/aromatic N) is 2. The molecule has 74 heavy (non-hydrogen) atoms. The van der Waals surface area contributed by atoms with E-state index in [9.17, 15) is 10.2 Å². The van der Waals surface area contributed by atoms with Crippen LogP contribution in [0.15, 0.2) is 121 Å². The van der Waals surface area contributed by atoms with Crippen LogP contribution in [0.3, 0.4) is 0 Å². The Labute approximate surface area is 463 Å². The normalized spacial score (nSPS) is 12.3. The number of anilines is 4. The van der Waals surface area contributed by atoms with Gasteiger partial charge in [-0.1, -0.05) is 119 Å². The van der Waals surface area contributed by atoms with E-state index in [2.05, 4.69) is 217 Å². The zero-order valence-electron chi connectivity index (χ0n) is 46.2. The van der Waals surface area contributed by atoms with Crippen LogP contribution >= 0.6 is 0 Å². The summed E-state index contributed by atoms with van der Waals surface area (Å²) in [7, 11) is 0. The quantitative estimate of drug-likeness (QED) is 0.0955. The van der Waals surface area contributed by atoms with Gasteiger partial charge in [-0.3, -0.25) is 9.97 Å². The van der Waals surface area contributed by atoms with Crippen LogP contribution in [0.4, 0.5) is 22.7 Å². The molecule has 8 rings (SSSR count). The molecule has 0 aliphatic heterocycles. The number of hydrogen-bond acceptors (Lipinski definition) is 8. The summed E-state index contributed by atoms with van der Waals surface area (Å²) >= 11 is 0. The average molecular weight is 1080 g/mol. The van der Waals surface area contributed by atoms with Gasteiger partial charge in [-0.05, 0) is 190 Å². The predicted octanol–water partition coefficient (Wildman–Crippen LogP) is 15.5. The van der Waals surface area contributed by atoms with Crippen molar-refractivity contribution in [2.45, 2.75) is 135 Å². The molecule has 0 amide bonds. The Bertz CT molecular complexity index is 2720. The van der Waals surface area contributed by atoms with Crippen molar-refractivity contribution < 1.29 is 43.8 Å². The van der Waals surface area contributed by atoms with E-state index in [1.807, 2.05) is 24.3 Å². The molecule has 0 spiro atoms. The largest absolute Gasteiger partial charge is 1.00 e. The van der Waals surface area contributed by atoms with Crippen LogP contribution in [0.25, 0.3) is 10.8 Å². The van der Waals surface area contributed by atoms with Crippen molar-refractivity contribution in [1.29, 1.82) is 0 Å². The number of aryl methyl sites for hydroxylation is 12. The van der Waals surface area contributed by atoms with Crippen LogP contribution in [0.5, 0.6) is 11.5 Å². The first-order chi connectivity index (χ1) is 34.1. The van der Waals surface area contributed by atoms with Gasteiger partial charge in [0.2, 0.25) is 0 Å². The van der Waals surface area contributed by atoms with Crippen LogP contribution in [-0.4, -0.2) is 9.97 Å². The smallest absolute Gasteiger partial charge is 0.873 e. The molecule has 8 aromatic rings. The summed E-state index contributed by atoms with van der Waals surface area (Å²) in [4.78, 5) is 9.99. The fraction of sp³-hybridized carbons (Fsp3) is 0.312. The standard InChI is InChI=1S/2C27H35N3.C10H8O2.2Co/c2*1-16-12-18(3)26(19(4)13-16)28-22(7)24-10-9-11-25(30-24)23(8)29-27-20(5)14-17(2)15-21(27)6;11-9-5-7-3-1-2-4-8(7)6-10(9)12;;/h2*9-15,22-23,28-29H,1-8H3;1-6,11-12H;;/q;;;2*+1/p-2. The SMILES string of the molecule is Cc1cc(C)c(NC(C)c2cccc(C(C)Nc3c(C)cc(C)cc3C)n2)c(C)c1.Cc1cc(C)c(NC(C)c2cccc(C(C)Nc3c(C)cc(C)cc3C)n2)c(C)c1.[Co+].[Co+].[O-]c1cc2ccccc2cc1[O-]. The molecule has 4 atom stereocenters. The summed E-state index contributed by atoms with van der Waals surface area (Å²) in [5, 5.41) is 38.2. The number of fused-ring (bicyclic) bond motifs is 1. The van der Waals surface area contributed by atoms with Crippen LogP contribution < -0.4 is 31.5 Å². The molecule has 2 heterocycles. The molecule has 0 fully saturated rings. The van der Waals surface area contributed by atoms with E-state index < -0.39 is 11.5 Å². The van der Waals surface area contributed by atoms with Gasteiger partial charge in [0.05, 0.1) is 46.9 Å². The van der Waals surface area contributed by atoms with Gasteiger partial charge in [0.15, 0.2) is 0 Å². The summed E-state index contributed by atoms with van der Waals surface area (Å²) in [5.74, 6) is -0.873. The number of rotatable bonds is 12. The third-order valence-electron chi connectivity index (χ3n) is 13.3. The van der Waals surface area contributed by atoms with Crippen molar-refractivity contribution in [1.82, 2.24) is 9.97 Å². The first-order valence-electron chi connectivity index (χ1n) is 25.3. The second kappa shape index (κ2) is 26.8. The molecule has 8 nitrogen and oxygen atoms in total. The average Bonchev–Trinajstić information content (AvgIpc) is 3.31. The monoisotopic (exact) mass is 1080 g/mol. The van der Waals surface area contributed by atoms with Gasteiger partial charge in [-0.2, -0.15) is 0 Å². The van der Waals surface area contributed by atoms with Crippen molar-refractivity contribution >= 4 is 33.5 Å². The van der Waals surface area contributed by atoms with Crippen LogP contribution in [0.2, 0.25) is 0 Å². The van der Waals surface area contributed by atoms with E-state index in [-0.39, 0.29) is 57.7 Å². The predicted molar refractivity (Wildman–Crippen MR) is 302 cm³/mol. The molecule has 0 bridgehead atoms. The molecule has 2 aromatic heterocycles. The maximum absolute atomic E-state index is 10.9. The number of benzene rings is 6. The summed E-state index contributed by atoms with van der Waals surface area (Å²) in [6.45, 7) is 34.6. The second-order valence-corrected chi connectivity index (χ2v) is 20.2. The minimum absolute atomic E-state index is 0. The molecular weight excluding hydrogens is 1000 g/mol. The Morgan fingerprint density at radius 2 is 0.514 bits per heavy atom. The zero-order chi connectivity index (χ0) is 52.6. The van der Waals surface area contributed by atoms with E-state index in [0.29, 0.717) is 0 Å². The Morgan fingerprint density at radius 1 is 0.311 bits per heavy atom. The molecule has 4 unspecified atom stereocenters. The Kier molecular flexibility index (Phi) is 21.8. The molecule has 10 heteroatoms. The molecule has 0 saturated heterocycles. The Balaban J connectivity index is 0.000000256. The topological polar surface area (TPSA) is 120 Å². The zero-order valence-corrected chi connectivity index (χ0v) is 48.3. The third-order valence-corrected chi connectivity index (χ3v) is 13.3. The van der Waals surface area contributed by atoms with Crippen LogP contribution in [0.1, 0.15) is 141 Å². The Hall–Kier alpha value is -6.31. The number of hydrogen-bond donors (Lipinski definition) is 4. The van der Waals surface area contributed by atoms with Crippen molar-refractivity contribution in [3.8, 4) is 11.5 Å². The van der Waals surface area contributed by atoms with Crippen molar-refractivity contribution in [3.05, 3.63) is 211 Å². The van der Waals surface area contributed by atoms with E-state index in [4.69, 9.17) is 9.97 Å². The third kappa shape index (κ3) is 15.6. The molecular formula is C64H76Co2N6O2. The summed E-state index contributed by atoms with van der Waals surface area (Å²) in [6.07, 6.45) is 0. The fourth-order valence-corrected chi connectivity index (χ4v) is 9.89. The fourth-order valence-electron chi connectivity index (χ4n) is 9.89. The second-order valence-electron chi connectivity index (χ2n) is 20.2. The molecule has 4 N–H and O–H groups in total. The molecule has 0 saturated carbocycles. The maximum atomic E-state index is 10.9.